The van der Waals surface area contributed by atoms with Crippen LogP contribution in [0, 0.1) is 11.7 Å². The molecule has 6 heteroatoms. The van der Waals surface area contributed by atoms with Crippen LogP contribution >= 0.6 is 0 Å². The molecule has 1 aromatic carbocycles. The van der Waals surface area contributed by atoms with Crippen molar-refractivity contribution >= 4 is 18.0 Å². The molecule has 0 spiro atoms. The van der Waals surface area contributed by atoms with E-state index in [4.69, 9.17) is 9.47 Å². The van der Waals surface area contributed by atoms with Crippen molar-refractivity contribution in [1.29, 1.82) is 0 Å². The Morgan fingerprint density at radius 3 is 2.65 bits per heavy atom. The Morgan fingerprint density at radius 1 is 1.43 bits per heavy atom. The summed E-state index contributed by atoms with van der Waals surface area (Å²) in [4.78, 5) is 23.5. The molecule has 0 radical (unpaired) electrons. The summed E-state index contributed by atoms with van der Waals surface area (Å²) in [6.45, 7) is 2.72. The maximum Gasteiger partial charge on any atom is 0.334 e. The summed E-state index contributed by atoms with van der Waals surface area (Å²) in [5, 5.41) is 9.56. The molecule has 0 amide bonds. The molecule has 0 aromatic heterocycles. The first-order valence-electron chi connectivity index (χ1n) is 7.32. The predicted molar refractivity (Wildman–Crippen MR) is 80.7 cm³/mol. The van der Waals surface area contributed by atoms with Crippen molar-refractivity contribution in [3.63, 3.8) is 0 Å². The highest BCUT2D eigenvalue weighted by atomic mass is 19.1. The second-order valence-corrected chi connectivity index (χ2v) is 5.89. The first-order chi connectivity index (χ1) is 10.8. The topological polar surface area (TPSA) is 72.8 Å². The van der Waals surface area contributed by atoms with Gasteiger partial charge in [0.15, 0.2) is 5.60 Å². The van der Waals surface area contributed by atoms with Gasteiger partial charge in [-0.15, -0.1) is 0 Å². The van der Waals surface area contributed by atoms with Gasteiger partial charge in [-0.2, -0.15) is 0 Å². The number of cyclic esters (lactones) is 1. The van der Waals surface area contributed by atoms with Crippen LogP contribution in [0.4, 0.5) is 4.39 Å². The summed E-state index contributed by atoms with van der Waals surface area (Å²) >= 11 is 0. The Labute approximate surface area is 133 Å². The van der Waals surface area contributed by atoms with Gasteiger partial charge in [0.25, 0.3) is 0 Å². The minimum atomic E-state index is -1.26. The van der Waals surface area contributed by atoms with Gasteiger partial charge in [-0.25, -0.2) is 9.18 Å². The number of rotatable bonds is 5. The van der Waals surface area contributed by atoms with Crippen LogP contribution in [0.5, 0.6) is 0 Å². The van der Waals surface area contributed by atoms with E-state index in [1.54, 1.807) is 19.9 Å². The minimum absolute atomic E-state index is 0.116. The number of aliphatic hydroxyl groups excluding tert-OH is 1. The predicted octanol–water partition coefficient (Wildman–Crippen LogP) is 2.09. The molecule has 1 aliphatic heterocycles. The van der Waals surface area contributed by atoms with Crippen LogP contribution in [0.2, 0.25) is 0 Å². The Kier molecular flexibility index (Phi) is 5.15. The van der Waals surface area contributed by atoms with E-state index in [0.717, 1.165) is 0 Å². The number of halogens is 1. The summed E-state index contributed by atoms with van der Waals surface area (Å²) in [5.74, 6) is -1.68. The minimum Gasteiger partial charge on any atom is -0.461 e. The van der Waals surface area contributed by atoms with Crippen LogP contribution in [0.3, 0.4) is 0 Å². The van der Waals surface area contributed by atoms with E-state index in [1.807, 2.05) is 0 Å². The van der Waals surface area contributed by atoms with E-state index in [9.17, 15) is 19.1 Å². The first-order valence-corrected chi connectivity index (χ1v) is 7.32. The number of carbonyl (C=O) groups excluding carboxylic acids is 2. The molecule has 1 unspecified atom stereocenters. The average molecular weight is 322 g/mol. The van der Waals surface area contributed by atoms with Gasteiger partial charge in [-0.1, -0.05) is 26.0 Å². The third kappa shape index (κ3) is 4.16. The fraction of sp³-hybridized carbons (Fsp3) is 0.412. The summed E-state index contributed by atoms with van der Waals surface area (Å²) in [7, 11) is 0. The van der Waals surface area contributed by atoms with Gasteiger partial charge in [0.05, 0.1) is 12.5 Å². The smallest absolute Gasteiger partial charge is 0.334 e. The molecule has 5 nitrogen and oxygen atoms in total. The van der Waals surface area contributed by atoms with E-state index >= 15 is 0 Å². The highest BCUT2D eigenvalue weighted by molar-refractivity contribution is 5.96. The van der Waals surface area contributed by atoms with Crippen LogP contribution < -0.4 is 0 Å². The maximum atomic E-state index is 12.9. The molecule has 0 saturated carbocycles. The molecule has 2 rings (SSSR count). The molecule has 0 bridgehead atoms. The van der Waals surface area contributed by atoms with Crippen LogP contribution in [0.1, 0.15) is 25.8 Å². The van der Waals surface area contributed by atoms with Crippen molar-refractivity contribution in [1.82, 2.24) is 0 Å². The Hall–Kier alpha value is -2.21. The Bertz CT molecular complexity index is 620. The van der Waals surface area contributed by atoms with Crippen molar-refractivity contribution in [2.45, 2.75) is 25.9 Å². The molecule has 1 fully saturated rings. The zero-order valence-corrected chi connectivity index (χ0v) is 13.0. The van der Waals surface area contributed by atoms with Crippen LogP contribution in [0.15, 0.2) is 29.8 Å². The van der Waals surface area contributed by atoms with E-state index in [1.165, 1.54) is 24.3 Å². The molecule has 23 heavy (non-hydrogen) atoms. The molecular weight excluding hydrogens is 303 g/mol. The quantitative estimate of drug-likeness (QED) is 0.664. The molecule has 1 aromatic rings. The Morgan fingerprint density at radius 2 is 2.09 bits per heavy atom. The number of hydrogen-bond acceptors (Lipinski definition) is 5. The lowest BCUT2D eigenvalue weighted by Crippen LogP contribution is -2.39. The fourth-order valence-corrected chi connectivity index (χ4v) is 2.17. The van der Waals surface area contributed by atoms with Gasteiger partial charge in [0, 0.05) is 12.0 Å². The number of aliphatic hydroxyl groups is 1. The number of esters is 2. The van der Waals surface area contributed by atoms with E-state index in [0.29, 0.717) is 11.1 Å². The molecular formula is C17H19FO5. The number of carbonyl (C=O) groups is 2. The molecule has 1 aliphatic rings. The van der Waals surface area contributed by atoms with Crippen LogP contribution in [-0.4, -0.2) is 35.9 Å². The summed E-state index contributed by atoms with van der Waals surface area (Å²) in [5.41, 5.74) is -0.273. The lowest BCUT2D eigenvalue weighted by atomic mass is 9.98. The normalized spacial score (nSPS) is 22.5. The highest BCUT2D eigenvalue weighted by Crippen LogP contribution is 2.32. The molecule has 0 aliphatic carbocycles. The molecule has 1 heterocycles. The maximum absolute atomic E-state index is 12.9. The van der Waals surface area contributed by atoms with Crippen molar-refractivity contribution in [2.24, 2.45) is 5.92 Å². The number of benzene rings is 1. The Balaban J connectivity index is 2.12. The van der Waals surface area contributed by atoms with Gasteiger partial charge in [-0.05, 0) is 23.8 Å². The summed E-state index contributed by atoms with van der Waals surface area (Å²) in [6.07, 6.45) is 1.69. The van der Waals surface area contributed by atoms with E-state index < -0.39 is 24.1 Å². The molecule has 1 N–H and O–H groups in total. The molecule has 1 saturated heterocycles. The van der Waals surface area contributed by atoms with Crippen molar-refractivity contribution in [2.75, 3.05) is 13.2 Å². The van der Waals surface area contributed by atoms with E-state index in [2.05, 4.69) is 0 Å². The number of hydrogen-bond donors (Lipinski definition) is 1. The van der Waals surface area contributed by atoms with Crippen molar-refractivity contribution in [3.05, 3.63) is 41.2 Å². The zero-order valence-electron chi connectivity index (χ0n) is 13.0. The second-order valence-electron chi connectivity index (χ2n) is 5.89. The standard InChI is InChI=1S/C17H19FO5/c1-11(2)15(20)22-10-17(9-19)8-13(16(21)23-17)7-12-3-5-14(18)6-4-12/h3-7,11,19H,8-10H2,1-2H3/b13-7+. The largest absolute Gasteiger partial charge is 0.461 e. The number of ether oxygens (including phenoxy) is 2. The van der Waals surface area contributed by atoms with Crippen LogP contribution in [0.25, 0.3) is 6.08 Å². The molecule has 124 valence electrons. The first kappa shape index (κ1) is 17.1. The summed E-state index contributed by atoms with van der Waals surface area (Å²) in [6, 6.07) is 5.65. The molecule has 1 atom stereocenters. The monoisotopic (exact) mass is 322 g/mol. The van der Waals surface area contributed by atoms with Gasteiger partial charge in [0.1, 0.15) is 12.4 Å². The second kappa shape index (κ2) is 6.91. The van der Waals surface area contributed by atoms with Gasteiger partial charge in [0.2, 0.25) is 0 Å². The third-order valence-corrected chi connectivity index (χ3v) is 3.53. The van der Waals surface area contributed by atoms with Crippen molar-refractivity contribution in [3.8, 4) is 0 Å². The zero-order chi connectivity index (χ0) is 17.0. The van der Waals surface area contributed by atoms with Crippen molar-refractivity contribution < 1.29 is 28.6 Å². The van der Waals surface area contributed by atoms with Gasteiger partial charge < -0.3 is 14.6 Å². The summed E-state index contributed by atoms with van der Waals surface area (Å²) < 4.78 is 23.2. The van der Waals surface area contributed by atoms with Gasteiger partial charge in [-0.3, -0.25) is 4.79 Å². The average Bonchev–Trinajstić information content (AvgIpc) is 2.84. The third-order valence-electron chi connectivity index (χ3n) is 3.53. The SMILES string of the molecule is CC(C)C(=O)OCC1(CO)C/C(=C\c2ccc(F)cc2)C(=O)O1. The van der Waals surface area contributed by atoms with Gasteiger partial charge >= 0.3 is 11.9 Å². The van der Waals surface area contributed by atoms with Crippen LogP contribution in [-0.2, 0) is 19.1 Å². The lowest BCUT2D eigenvalue weighted by Gasteiger charge is -2.24. The highest BCUT2D eigenvalue weighted by Gasteiger charge is 2.44. The lowest BCUT2D eigenvalue weighted by molar-refractivity contribution is -0.168. The fourth-order valence-electron chi connectivity index (χ4n) is 2.17. The van der Waals surface area contributed by atoms with E-state index in [-0.39, 0.29) is 24.8 Å².